The van der Waals surface area contributed by atoms with Gasteiger partial charge in [0, 0.05) is 17.3 Å². The molecule has 0 bridgehead atoms. The number of nitro benzene ring substituents is 1. The second kappa shape index (κ2) is 6.48. The summed E-state index contributed by atoms with van der Waals surface area (Å²) in [7, 11) is 0. The van der Waals surface area contributed by atoms with Gasteiger partial charge in [0.15, 0.2) is 6.04 Å². The van der Waals surface area contributed by atoms with Gasteiger partial charge in [-0.25, -0.2) is 9.59 Å². The van der Waals surface area contributed by atoms with Crippen molar-refractivity contribution in [1.29, 1.82) is 0 Å². The van der Waals surface area contributed by atoms with Crippen LogP contribution in [0.15, 0.2) is 18.2 Å². The number of carbonyl (C=O) groups excluding carboxylic acids is 1. The fourth-order valence-electron chi connectivity index (χ4n) is 1.45. The molecule has 0 heterocycles. The zero-order chi connectivity index (χ0) is 15.3. The molecule has 0 aliphatic carbocycles. The van der Waals surface area contributed by atoms with E-state index in [1.54, 1.807) is 0 Å². The standard InChI is InChI=1S/C11H13N3O6/c1-6-4-7(2-3-9(6)14(19)20)12-11(18)13-8(5-15)10(16)17/h2-4,8,15H,5H2,1H3,(H,16,17)(H2,12,13,18)/t8-/m0/s1. The van der Waals surface area contributed by atoms with Gasteiger partial charge in [0.25, 0.3) is 5.69 Å². The van der Waals surface area contributed by atoms with E-state index in [1.165, 1.54) is 25.1 Å². The van der Waals surface area contributed by atoms with Gasteiger partial charge in [-0.1, -0.05) is 0 Å². The fourth-order valence-corrected chi connectivity index (χ4v) is 1.45. The smallest absolute Gasteiger partial charge is 0.328 e. The molecule has 0 aliphatic heterocycles. The van der Waals surface area contributed by atoms with Crippen molar-refractivity contribution in [3.05, 3.63) is 33.9 Å². The lowest BCUT2D eigenvalue weighted by Crippen LogP contribution is -2.45. The molecular weight excluding hydrogens is 270 g/mol. The third-order valence-corrected chi connectivity index (χ3v) is 2.44. The van der Waals surface area contributed by atoms with Crippen LogP contribution < -0.4 is 10.6 Å². The van der Waals surface area contributed by atoms with Crippen LogP contribution in [0.1, 0.15) is 5.56 Å². The summed E-state index contributed by atoms with van der Waals surface area (Å²) in [5, 5.41) is 32.4. The van der Waals surface area contributed by atoms with Crippen molar-refractivity contribution in [3.63, 3.8) is 0 Å². The molecule has 0 radical (unpaired) electrons. The number of hydrogen-bond donors (Lipinski definition) is 4. The summed E-state index contributed by atoms with van der Waals surface area (Å²) < 4.78 is 0. The van der Waals surface area contributed by atoms with Crippen LogP contribution in [0, 0.1) is 17.0 Å². The Bertz CT molecular complexity index is 545. The molecule has 1 rings (SSSR count). The molecule has 9 heteroatoms. The number of nitro groups is 1. The molecule has 1 aromatic carbocycles. The molecular formula is C11H13N3O6. The highest BCUT2D eigenvalue weighted by atomic mass is 16.6. The highest BCUT2D eigenvalue weighted by Gasteiger charge is 2.19. The summed E-state index contributed by atoms with van der Waals surface area (Å²) in [6.07, 6.45) is 0. The number of anilines is 1. The second-order valence-electron chi connectivity index (χ2n) is 3.93. The molecule has 9 nitrogen and oxygen atoms in total. The Morgan fingerprint density at radius 1 is 1.45 bits per heavy atom. The molecule has 0 unspecified atom stereocenters. The van der Waals surface area contributed by atoms with E-state index in [2.05, 4.69) is 5.32 Å². The molecule has 0 aliphatic rings. The number of carboxylic acid groups (broad SMARTS) is 1. The zero-order valence-electron chi connectivity index (χ0n) is 10.5. The minimum atomic E-state index is -1.42. The van der Waals surface area contributed by atoms with Gasteiger partial charge in [0.05, 0.1) is 11.5 Å². The molecule has 0 spiro atoms. The Morgan fingerprint density at radius 3 is 2.55 bits per heavy atom. The highest BCUT2D eigenvalue weighted by molar-refractivity contribution is 5.92. The van der Waals surface area contributed by atoms with Crippen molar-refractivity contribution >= 4 is 23.4 Å². The normalized spacial score (nSPS) is 11.5. The van der Waals surface area contributed by atoms with E-state index >= 15 is 0 Å². The quantitative estimate of drug-likeness (QED) is 0.457. The summed E-state index contributed by atoms with van der Waals surface area (Å²) in [4.78, 5) is 32.2. The Balaban J connectivity index is 2.74. The Hall–Kier alpha value is -2.68. The SMILES string of the molecule is Cc1cc(NC(=O)N[C@@H](CO)C(=O)O)ccc1[N+](=O)[O-]. The molecule has 0 aromatic heterocycles. The van der Waals surface area contributed by atoms with Crippen LogP contribution in [0.2, 0.25) is 0 Å². The topological polar surface area (TPSA) is 142 Å². The number of urea groups is 1. The van der Waals surface area contributed by atoms with E-state index < -0.39 is 29.6 Å². The van der Waals surface area contributed by atoms with Gasteiger partial charge in [0.2, 0.25) is 0 Å². The summed E-state index contributed by atoms with van der Waals surface area (Å²) in [6, 6.07) is 1.67. The van der Waals surface area contributed by atoms with Crippen LogP contribution in [0.4, 0.5) is 16.2 Å². The first-order valence-corrected chi connectivity index (χ1v) is 5.51. The number of nitrogens with one attached hydrogen (secondary N) is 2. The maximum atomic E-state index is 11.5. The van der Waals surface area contributed by atoms with Gasteiger partial charge >= 0.3 is 12.0 Å². The zero-order valence-corrected chi connectivity index (χ0v) is 10.5. The summed E-state index contributed by atoms with van der Waals surface area (Å²) >= 11 is 0. The Labute approximate surface area is 113 Å². The maximum absolute atomic E-state index is 11.5. The van der Waals surface area contributed by atoms with E-state index in [-0.39, 0.29) is 11.4 Å². The number of benzene rings is 1. The van der Waals surface area contributed by atoms with Gasteiger partial charge in [-0.3, -0.25) is 10.1 Å². The number of amides is 2. The molecule has 1 atom stereocenters. The molecule has 0 saturated heterocycles. The number of aliphatic hydroxyl groups excluding tert-OH is 1. The third kappa shape index (κ3) is 3.92. The summed E-state index contributed by atoms with van der Waals surface area (Å²) in [5.41, 5.74) is 0.534. The van der Waals surface area contributed by atoms with E-state index in [0.717, 1.165) is 0 Å². The number of hydrogen-bond acceptors (Lipinski definition) is 5. The molecule has 108 valence electrons. The van der Waals surface area contributed by atoms with Crippen LogP contribution in [0.25, 0.3) is 0 Å². The molecule has 4 N–H and O–H groups in total. The minimum absolute atomic E-state index is 0.0882. The first kappa shape index (κ1) is 15.4. The fraction of sp³-hybridized carbons (Fsp3) is 0.273. The first-order valence-electron chi connectivity index (χ1n) is 5.51. The monoisotopic (exact) mass is 283 g/mol. The van der Waals surface area contributed by atoms with E-state index in [1.807, 2.05) is 5.32 Å². The second-order valence-corrected chi connectivity index (χ2v) is 3.93. The maximum Gasteiger partial charge on any atom is 0.328 e. The van der Waals surface area contributed by atoms with Gasteiger partial charge in [-0.2, -0.15) is 0 Å². The predicted octanol–water partition coefficient (Wildman–Crippen LogP) is 0.470. The summed E-state index contributed by atoms with van der Waals surface area (Å²) in [5.74, 6) is -1.37. The molecule has 1 aromatic rings. The lowest BCUT2D eigenvalue weighted by molar-refractivity contribution is -0.385. The van der Waals surface area contributed by atoms with Crippen molar-refractivity contribution in [1.82, 2.24) is 5.32 Å². The van der Waals surface area contributed by atoms with Crippen LogP contribution in [0.3, 0.4) is 0 Å². The average molecular weight is 283 g/mol. The van der Waals surface area contributed by atoms with E-state index in [0.29, 0.717) is 5.56 Å². The van der Waals surface area contributed by atoms with Crippen molar-refractivity contribution < 1.29 is 24.7 Å². The van der Waals surface area contributed by atoms with Gasteiger partial charge in [-0.05, 0) is 19.1 Å². The highest BCUT2D eigenvalue weighted by Crippen LogP contribution is 2.21. The van der Waals surface area contributed by atoms with Gasteiger partial charge < -0.3 is 20.8 Å². The van der Waals surface area contributed by atoms with Crippen molar-refractivity contribution in [2.24, 2.45) is 0 Å². The number of carboxylic acids is 1. The number of carbonyl (C=O) groups is 2. The van der Waals surface area contributed by atoms with Crippen LogP contribution in [-0.4, -0.2) is 39.8 Å². The lowest BCUT2D eigenvalue weighted by Gasteiger charge is -2.12. The average Bonchev–Trinajstić information content (AvgIpc) is 2.35. The van der Waals surface area contributed by atoms with Crippen molar-refractivity contribution in [3.8, 4) is 0 Å². The van der Waals surface area contributed by atoms with Gasteiger partial charge in [0.1, 0.15) is 0 Å². The third-order valence-electron chi connectivity index (χ3n) is 2.44. The summed E-state index contributed by atoms with van der Waals surface area (Å²) in [6.45, 7) is 0.761. The van der Waals surface area contributed by atoms with Crippen LogP contribution >= 0.6 is 0 Å². The van der Waals surface area contributed by atoms with Crippen molar-refractivity contribution in [2.45, 2.75) is 13.0 Å². The lowest BCUT2D eigenvalue weighted by atomic mass is 10.2. The number of aliphatic hydroxyl groups is 1. The number of nitrogens with zero attached hydrogens (tertiary/aromatic N) is 1. The first-order chi connectivity index (χ1) is 9.35. The number of rotatable bonds is 5. The Morgan fingerprint density at radius 2 is 2.10 bits per heavy atom. The molecule has 20 heavy (non-hydrogen) atoms. The molecule has 0 saturated carbocycles. The van der Waals surface area contributed by atoms with E-state index in [4.69, 9.17) is 10.2 Å². The van der Waals surface area contributed by atoms with E-state index in [9.17, 15) is 19.7 Å². The van der Waals surface area contributed by atoms with Crippen LogP contribution in [0.5, 0.6) is 0 Å². The Kier molecular flexibility index (Phi) is 4.98. The van der Waals surface area contributed by atoms with Gasteiger partial charge in [-0.15, -0.1) is 0 Å². The molecule has 2 amide bonds. The number of aliphatic carboxylic acids is 1. The largest absolute Gasteiger partial charge is 0.480 e. The minimum Gasteiger partial charge on any atom is -0.480 e. The predicted molar refractivity (Wildman–Crippen MR) is 68.5 cm³/mol. The van der Waals surface area contributed by atoms with Crippen molar-refractivity contribution in [2.75, 3.05) is 11.9 Å². The van der Waals surface area contributed by atoms with Crippen LogP contribution in [-0.2, 0) is 4.79 Å². The molecule has 0 fully saturated rings. The number of aryl methyl sites for hydroxylation is 1.